The first kappa shape index (κ1) is 14.8. The van der Waals surface area contributed by atoms with Crippen LogP contribution in [0.1, 0.15) is 25.5 Å². The van der Waals surface area contributed by atoms with E-state index in [9.17, 15) is 13.2 Å². The van der Waals surface area contributed by atoms with Gasteiger partial charge in [0.15, 0.2) is 0 Å². The fraction of sp³-hybridized carbons (Fsp3) is 0.583. The summed E-state index contributed by atoms with van der Waals surface area (Å²) in [4.78, 5) is 5.51. The van der Waals surface area contributed by atoms with E-state index in [1.54, 1.807) is 6.07 Å². The molecule has 1 rings (SSSR count). The van der Waals surface area contributed by atoms with Crippen LogP contribution in [0.3, 0.4) is 0 Å². The molecule has 1 aromatic heterocycles. The van der Waals surface area contributed by atoms with E-state index in [0.717, 1.165) is 18.9 Å². The van der Waals surface area contributed by atoms with E-state index in [1.807, 2.05) is 11.8 Å². The summed E-state index contributed by atoms with van der Waals surface area (Å²) in [6.07, 6.45) is -2.82. The zero-order valence-electron chi connectivity index (χ0n) is 10.4. The first-order valence-corrected chi connectivity index (χ1v) is 5.98. The lowest BCUT2D eigenvalue weighted by molar-refractivity contribution is -0.141. The van der Waals surface area contributed by atoms with Gasteiger partial charge in [-0.05, 0) is 31.5 Å². The topological polar surface area (TPSA) is 42.1 Å². The van der Waals surface area contributed by atoms with Crippen LogP contribution in [0.15, 0.2) is 18.2 Å². The van der Waals surface area contributed by atoms with Crippen LogP contribution < -0.4 is 10.6 Å². The van der Waals surface area contributed by atoms with Crippen molar-refractivity contribution in [1.82, 2.24) is 4.98 Å². The van der Waals surface area contributed by atoms with E-state index in [-0.39, 0.29) is 0 Å². The third-order valence-corrected chi connectivity index (χ3v) is 2.47. The van der Waals surface area contributed by atoms with Gasteiger partial charge in [0.25, 0.3) is 0 Å². The molecule has 102 valence electrons. The number of nitrogens with zero attached hydrogens (tertiary/aromatic N) is 2. The molecule has 0 aliphatic carbocycles. The Kier molecular flexibility index (Phi) is 5.40. The molecule has 0 spiro atoms. The summed E-state index contributed by atoms with van der Waals surface area (Å²) in [6, 6.07) is 3.97. The van der Waals surface area contributed by atoms with Crippen molar-refractivity contribution in [2.75, 3.05) is 24.5 Å². The van der Waals surface area contributed by atoms with Crippen LogP contribution in [0, 0.1) is 0 Å². The van der Waals surface area contributed by atoms with E-state index in [2.05, 4.69) is 4.98 Å². The zero-order chi connectivity index (χ0) is 13.6. The summed E-state index contributed by atoms with van der Waals surface area (Å²) in [5.41, 5.74) is 4.57. The molecule has 2 N–H and O–H groups in total. The van der Waals surface area contributed by atoms with Crippen LogP contribution in [-0.4, -0.2) is 24.6 Å². The Morgan fingerprint density at radius 2 is 2.00 bits per heavy atom. The molecular formula is C12H18F3N3. The molecule has 0 radical (unpaired) electrons. The maximum atomic E-state index is 12.6. The van der Waals surface area contributed by atoms with Crippen molar-refractivity contribution in [3.05, 3.63) is 23.9 Å². The first-order valence-electron chi connectivity index (χ1n) is 5.98. The second kappa shape index (κ2) is 6.58. The third-order valence-electron chi connectivity index (χ3n) is 2.47. The van der Waals surface area contributed by atoms with Gasteiger partial charge in [0.1, 0.15) is 11.5 Å². The van der Waals surface area contributed by atoms with Gasteiger partial charge in [-0.2, -0.15) is 13.2 Å². The van der Waals surface area contributed by atoms with Crippen LogP contribution in [-0.2, 0) is 6.18 Å². The highest BCUT2D eigenvalue weighted by molar-refractivity contribution is 5.39. The van der Waals surface area contributed by atoms with E-state index < -0.39 is 11.9 Å². The minimum absolute atomic E-state index is 0.361. The molecule has 0 fully saturated rings. The molecule has 0 saturated heterocycles. The lowest BCUT2D eigenvalue weighted by Crippen LogP contribution is -2.28. The average Bonchev–Trinajstić information content (AvgIpc) is 2.33. The van der Waals surface area contributed by atoms with Crippen molar-refractivity contribution in [2.45, 2.75) is 25.9 Å². The predicted molar refractivity (Wildman–Crippen MR) is 65.4 cm³/mol. The van der Waals surface area contributed by atoms with Gasteiger partial charge in [-0.1, -0.05) is 13.0 Å². The summed E-state index contributed by atoms with van der Waals surface area (Å²) < 4.78 is 37.7. The van der Waals surface area contributed by atoms with E-state index >= 15 is 0 Å². The Morgan fingerprint density at radius 3 is 2.56 bits per heavy atom. The maximum absolute atomic E-state index is 12.6. The predicted octanol–water partition coefficient (Wildman–Crippen LogP) is 2.67. The summed E-state index contributed by atoms with van der Waals surface area (Å²) >= 11 is 0. The van der Waals surface area contributed by atoms with Gasteiger partial charge in [-0.25, -0.2) is 4.98 Å². The highest BCUT2D eigenvalue weighted by Gasteiger charge is 2.32. The Bertz CT molecular complexity index is 366. The molecule has 18 heavy (non-hydrogen) atoms. The van der Waals surface area contributed by atoms with Crippen molar-refractivity contribution in [3.8, 4) is 0 Å². The molecular weight excluding hydrogens is 243 g/mol. The summed E-state index contributed by atoms with van der Waals surface area (Å²) in [5, 5.41) is 0. The third kappa shape index (κ3) is 4.18. The van der Waals surface area contributed by atoms with Crippen LogP contribution in [0.5, 0.6) is 0 Å². The van der Waals surface area contributed by atoms with E-state index in [4.69, 9.17) is 5.73 Å². The van der Waals surface area contributed by atoms with Crippen LogP contribution in [0.2, 0.25) is 0 Å². The lowest BCUT2D eigenvalue weighted by Gasteiger charge is -2.23. The molecule has 3 nitrogen and oxygen atoms in total. The quantitative estimate of drug-likeness (QED) is 0.856. The summed E-state index contributed by atoms with van der Waals surface area (Å²) in [7, 11) is 0. The Morgan fingerprint density at radius 1 is 1.28 bits per heavy atom. The second-order valence-electron chi connectivity index (χ2n) is 4.01. The Balaban J connectivity index is 2.90. The molecule has 0 unspecified atom stereocenters. The van der Waals surface area contributed by atoms with Gasteiger partial charge in [0.2, 0.25) is 0 Å². The number of alkyl halides is 3. The van der Waals surface area contributed by atoms with Crippen LogP contribution in [0.25, 0.3) is 0 Å². The van der Waals surface area contributed by atoms with E-state index in [1.165, 1.54) is 6.07 Å². The molecule has 0 aromatic carbocycles. The number of anilines is 1. The summed E-state index contributed by atoms with van der Waals surface area (Å²) in [6.45, 7) is 3.79. The van der Waals surface area contributed by atoms with Crippen molar-refractivity contribution >= 4 is 5.82 Å². The fourth-order valence-corrected chi connectivity index (χ4v) is 1.65. The van der Waals surface area contributed by atoms with Gasteiger partial charge in [-0.15, -0.1) is 0 Å². The molecule has 6 heteroatoms. The highest BCUT2D eigenvalue weighted by atomic mass is 19.4. The van der Waals surface area contributed by atoms with Gasteiger partial charge < -0.3 is 10.6 Å². The molecule has 0 amide bonds. The zero-order valence-corrected chi connectivity index (χ0v) is 10.4. The smallest absolute Gasteiger partial charge is 0.357 e. The number of halogens is 3. The molecule has 1 heterocycles. The SMILES string of the molecule is CCCN(CCCN)c1cccc(C(F)(F)F)n1. The maximum Gasteiger partial charge on any atom is 0.433 e. The minimum atomic E-state index is -4.40. The van der Waals surface area contributed by atoms with Crippen molar-refractivity contribution in [2.24, 2.45) is 5.73 Å². The molecule has 0 bridgehead atoms. The number of aromatic nitrogens is 1. The normalized spacial score (nSPS) is 11.6. The largest absolute Gasteiger partial charge is 0.433 e. The summed E-state index contributed by atoms with van der Waals surface area (Å²) in [5.74, 6) is 0.361. The monoisotopic (exact) mass is 261 g/mol. The average molecular weight is 261 g/mol. The van der Waals surface area contributed by atoms with Crippen LogP contribution >= 0.6 is 0 Å². The van der Waals surface area contributed by atoms with Gasteiger partial charge in [-0.3, -0.25) is 0 Å². The van der Waals surface area contributed by atoms with Crippen molar-refractivity contribution < 1.29 is 13.2 Å². The fourth-order valence-electron chi connectivity index (χ4n) is 1.65. The van der Waals surface area contributed by atoms with E-state index in [0.29, 0.717) is 25.5 Å². The lowest BCUT2D eigenvalue weighted by atomic mass is 10.3. The van der Waals surface area contributed by atoms with Gasteiger partial charge in [0, 0.05) is 13.1 Å². The van der Waals surface area contributed by atoms with Gasteiger partial charge in [0.05, 0.1) is 0 Å². The number of pyridine rings is 1. The Labute approximate surface area is 105 Å². The highest BCUT2D eigenvalue weighted by Crippen LogP contribution is 2.28. The number of nitrogens with two attached hydrogens (primary N) is 1. The number of rotatable bonds is 6. The minimum Gasteiger partial charge on any atom is -0.357 e. The standard InChI is InChI=1S/C12H18F3N3/c1-2-8-18(9-4-7-16)11-6-3-5-10(17-11)12(13,14)15/h3,5-6H,2,4,7-9,16H2,1H3. The van der Waals surface area contributed by atoms with Gasteiger partial charge >= 0.3 is 6.18 Å². The first-order chi connectivity index (χ1) is 8.49. The number of hydrogen-bond donors (Lipinski definition) is 1. The second-order valence-corrected chi connectivity index (χ2v) is 4.01. The molecule has 0 saturated carbocycles. The van der Waals surface area contributed by atoms with Crippen molar-refractivity contribution in [1.29, 1.82) is 0 Å². The van der Waals surface area contributed by atoms with Crippen LogP contribution in [0.4, 0.5) is 19.0 Å². The Hall–Kier alpha value is -1.30. The molecule has 0 aliphatic rings. The molecule has 1 aromatic rings. The molecule has 0 aliphatic heterocycles. The molecule has 0 atom stereocenters. The van der Waals surface area contributed by atoms with Crippen molar-refractivity contribution in [3.63, 3.8) is 0 Å². The number of hydrogen-bond acceptors (Lipinski definition) is 3.